The van der Waals surface area contributed by atoms with E-state index in [2.05, 4.69) is 22.8 Å². The van der Waals surface area contributed by atoms with E-state index in [1.807, 2.05) is 41.8 Å². The molecule has 0 saturated carbocycles. The van der Waals surface area contributed by atoms with E-state index in [0.29, 0.717) is 4.88 Å². The molecule has 2 aromatic carbocycles. The van der Waals surface area contributed by atoms with Crippen molar-refractivity contribution in [1.82, 2.24) is 10.6 Å². The molecule has 0 fully saturated rings. The van der Waals surface area contributed by atoms with Gasteiger partial charge in [0.1, 0.15) is 12.6 Å². The average Bonchev–Trinajstić information content (AvgIpc) is 3.46. The van der Waals surface area contributed by atoms with Crippen LogP contribution in [0.5, 0.6) is 0 Å². The van der Waals surface area contributed by atoms with Gasteiger partial charge in [-0.1, -0.05) is 54.6 Å². The van der Waals surface area contributed by atoms with E-state index in [4.69, 9.17) is 9.84 Å². The number of hydrogen-bond donors (Lipinski definition) is 3. The Morgan fingerprint density at radius 1 is 1.00 bits per heavy atom. The summed E-state index contributed by atoms with van der Waals surface area (Å²) in [5, 5.41) is 16.4. The number of carboxylic acid groups (broad SMARTS) is 1. The lowest BCUT2D eigenvalue weighted by molar-refractivity contribution is -0.138. The van der Waals surface area contributed by atoms with Crippen molar-refractivity contribution in [1.29, 1.82) is 0 Å². The molecular weight excluding hydrogens is 464 g/mol. The molecule has 1 aromatic heterocycles. The third-order valence-corrected chi connectivity index (χ3v) is 7.06. The van der Waals surface area contributed by atoms with Crippen LogP contribution in [0, 0.1) is 0 Å². The molecule has 0 spiro atoms. The molecule has 1 heterocycles. The first-order valence-corrected chi connectivity index (χ1v) is 12.3. The van der Waals surface area contributed by atoms with Crippen LogP contribution in [0.3, 0.4) is 0 Å². The quantitative estimate of drug-likeness (QED) is 0.386. The van der Waals surface area contributed by atoms with Crippen LogP contribution in [0.2, 0.25) is 0 Å². The predicted molar refractivity (Wildman–Crippen MR) is 134 cm³/mol. The standard InChI is InChI=1S/C27H28N2O5S/c1-27(2,14-13-23(30)31)29-25(32)24(22-12-7-15-35-22)28-26(33)34-16-21-19-10-5-3-8-17(19)18-9-4-6-11-20(18)21/h3-12,15,21,24H,13-14,16H2,1-2H3,(H,28,33)(H,29,32)(H,30,31). The summed E-state index contributed by atoms with van der Waals surface area (Å²) in [7, 11) is 0. The van der Waals surface area contributed by atoms with Crippen LogP contribution >= 0.6 is 11.3 Å². The Morgan fingerprint density at radius 2 is 1.63 bits per heavy atom. The maximum absolute atomic E-state index is 13.1. The van der Waals surface area contributed by atoms with Crippen LogP contribution in [0.25, 0.3) is 11.1 Å². The minimum atomic E-state index is -0.949. The summed E-state index contributed by atoms with van der Waals surface area (Å²) in [6.07, 6.45) is -0.504. The molecule has 8 heteroatoms. The Morgan fingerprint density at radius 3 is 2.20 bits per heavy atom. The number of fused-ring (bicyclic) bond motifs is 3. The highest BCUT2D eigenvalue weighted by Gasteiger charge is 2.32. The van der Waals surface area contributed by atoms with Gasteiger partial charge in [-0.15, -0.1) is 11.3 Å². The van der Waals surface area contributed by atoms with Crippen molar-refractivity contribution in [3.63, 3.8) is 0 Å². The first-order valence-electron chi connectivity index (χ1n) is 11.4. The lowest BCUT2D eigenvalue weighted by Crippen LogP contribution is -2.49. The minimum Gasteiger partial charge on any atom is -0.481 e. The first kappa shape index (κ1) is 24.5. The molecule has 0 radical (unpaired) electrons. The number of carbonyl (C=O) groups excluding carboxylic acids is 2. The Balaban J connectivity index is 1.44. The molecule has 0 bridgehead atoms. The topological polar surface area (TPSA) is 105 Å². The number of thiophene rings is 1. The fraction of sp³-hybridized carbons (Fsp3) is 0.296. The van der Waals surface area contributed by atoms with Gasteiger partial charge in [0.05, 0.1) is 0 Å². The van der Waals surface area contributed by atoms with E-state index in [1.165, 1.54) is 11.3 Å². The summed E-state index contributed by atoms with van der Waals surface area (Å²) in [5.74, 6) is -1.44. The monoisotopic (exact) mass is 492 g/mol. The molecule has 4 rings (SSSR count). The van der Waals surface area contributed by atoms with Gasteiger partial charge in [-0.25, -0.2) is 4.79 Å². The summed E-state index contributed by atoms with van der Waals surface area (Å²) >= 11 is 1.35. The van der Waals surface area contributed by atoms with Crippen LogP contribution in [-0.4, -0.2) is 35.2 Å². The van der Waals surface area contributed by atoms with E-state index in [9.17, 15) is 14.4 Å². The van der Waals surface area contributed by atoms with Crippen molar-refractivity contribution in [2.45, 2.75) is 44.2 Å². The average molecular weight is 493 g/mol. The molecule has 1 atom stereocenters. The Bertz CT molecular complexity index is 1180. The van der Waals surface area contributed by atoms with E-state index >= 15 is 0 Å². The maximum atomic E-state index is 13.1. The van der Waals surface area contributed by atoms with Gasteiger partial charge < -0.3 is 20.5 Å². The van der Waals surface area contributed by atoms with Crippen LogP contribution in [0.4, 0.5) is 4.79 Å². The van der Waals surface area contributed by atoms with Gasteiger partial charge in [-0.2, -0.15) is 0 Å². The van der Waals surface area contributed by atoms with Crippen molar-refractivity contribution in [2.24, 2.45) is 0 Å². The Kier molecular flexibility index (Phi) is 7.21. The number of rotatable bonds is 9. The highest BCUT2D eigenvalue weighted by Crippen LogP contribution is 2.44. The van der Waals surface area contributed by atoms with Gasteiger partial charge in [-0.05, 0) is 54.0 Å². The van der Waals surface area contributed by atoms with E-state index in [1.54, 1.807) is 26.0 Å². The van der Waals surface area contributed by atoms with Gasteiger partial charge in [0.2, 0.25) is 5.91 Å². The Labute approximate surface area is 208 Å². The molecule has 1 aliphatic carbocycles. The van der Waals surface area contributed by atoms with Crippen molar-refractivity contribution in [3.8, 4) is 11.1 Å². The number of alkyl carbamates (subject to hydrolysis) is 1. The molecule has 3 N–H and O–H groups in total. The zero-order valence-corrected chi connectivity index (χ0v) is 20.4. The highest BCUT2D eigenvalue weighted by atomic mass is 32.1. The third kappa shape index (κ3) is 5.71. The molecular formula is C27H28N2O5S. The number of ether oxygens (including phenoxy) is 1. The van der Waals surface area contributed by atoms with Crippen LogP contribution in [0.15, 0.2) is 66.0 Å². The van der Waals surface area contributed by atoms with Crippen molar-refractivity contribution in [3.05, 3.63) is 82.0 Å². The van der Waals surface area contributed by atoms with Gasteiger partial charge >= 0.3 is 12.1 Å². The van der Waals surface area contributed by atoms with Crippen molar-refractivity contribution in [2.75, 3.05) is 6.61 Å². The fourth-order valence-corrected chi connectivity index (χ4v) is 5.14. The predicted octanol–water partition coefficient (Wildman–Crippen LogP) is 5.09. The van der Waals surface area contributed by atoms with E-state index < -0.39 is 29.6 Å². The number of aliphatic carboxylic acids is 1. The highest BCUT2D eigenvalue weighted by molar-refractivity contribution is 7.10. The van der Waals surface area contributed by atoms with E-state index in [-0.39, 0.29) is 25.4 Å². The van der Waals surface area contributed by atoms with Crippen LogP contribution < -0.4 is 10.6 Å². The first-order chi connectivity index (χ1) is 16.7. The molecule has 1 aliphatic rings. The van der Waals surface area contributed by atoms with Crippen molar-refractivity contribution >= 4 is 29.3 Å². The molecule has 182 valence electrons. The second-order valence-corrected chi connectivity index (χ2v) is 10.2. The zero-order chi connectivity index (χ0) is 25.0. The summed E-state index contributed by atoms with van der Waals surface area (Å²) < 4.78 is 5.62. The fourth-order valence-electron chi connectivity index (χ4n) is 4.37. The summed E-state index contributed by atoms with van der Waals surface area (Å²) in [5.41, 5.74) is 3.73. The molecule has 1 unspecified atom stereocenters. The second-order valence-electron chi connectivity index (χ2n) is 9.19. The number of nitrogens with one attached hydrogen (secondary N) is 2. The molecule has 3 aromatic rings. The van der Waals surface area contributed by atoms with Crippen LogP contribution in [-0.2, 0) is 14.3 Å². The zero-order valence-electron chi connectivity index (χ0n) is 19.6. The molecule has 0 aliphatic heterocycles. The SMILES string of the molecule is CC(C)(CCC(=O)O)NC(=O)C(NC(=O)OCC1c2ccccc2-c2ccccc21)c1cccs1. The summed E-state index contributed by atoms with van der Waals surface area (Å²) in [4.78, 5) is 37.5. The van der Waals surface area contributed by atoms with Gasteiger partial charge in [0.25, 0.3) is 0 Å². The minimum absolute atomic E-state index is 0.0727. The maximum Gasteiger partial charge on any atom is 0.408 e. The molecule has 0 saturated heterocycles. The van der Waals surface area contributed by atoms with Crippen LogP contribution in [0.1, 0.15) is 54.7 Å². The van der Waals surface area contributed by atoms with E-state index in [0.717, 1.165) is 22.3 Å². The lowest BCUT2D eigenvalue weighted by atomic mass is 9.97. The summed E-state index contributed by atoms with van der Waals surface area (Å²) in [6, 6.07) is 18.8. The molecule has 2 amide bonds. The number of carboxylic acids is 1. The third-order valence-electron chi connectivity index (χ3n) is 6.12. The number of amides is 2. The largest absolute Gasteiger partial charge is 0.481 e. The molecule has 35 heavy (non-hydrogen) atoms. The normalized spacial score (nSPS) is 13.4. The van der Waals surface area contributed by atoms with Crippen molar-refractivity contribution < 1.29 is 24.2 Å². The van der Waals surface area contributed by atoms with Gasteiger partial charge in [-0.3, -0.25) is 9.59 Å². The second kappa shape index (κ2) is 10.3. The lowest BCUT2D eigenvalue weighted by Gasteiger charge is -2.28. The smallest absolute Gasteiger partial charge is 0.408 e. The Hall–Kier alpha value is -3.65. The number of benzene rings is 2. The van der Waals surface area contributed by atoms with Gasteiger partial charge in [0, 0.05) is 22.8 Å². The van der Waals surface area contributed by atoms with Gasteiger partial charge in [0.15, 0.2) is 0 Å². The number of carbonyl (C=O) groups is 3. The molecule has 7 nitrogen and oxygen atoms in total. The number of hydrogen-bond acceptors (Lipinski definition) is 5. The summed E-state index contributed by atoms with van der Waals surface area (Å²) in [6.45, 7) is 3.65.